The molecular weight excluding hydrogens is 272 g/mol. The topological polar surface area (TPSA) is 77.9 Å². The van der Waals surface area contributed by atoms with E-state index < -0.39 is 24.3 Å². The Morgan fingerprint density at radius 3 is 2.43 bits per heavy atom. The van der Waals surface area contributed by atoms with E-state index in [0.717, 1.165) is 16.2 Å². The van der Waals surface area contributed by atoms with Crippen LogP contribution in [0.15, 0.2) is 24.3 Å². The molecule has 6 nitrogen and oxygen atoms in total. The van der Waals surface area contributed by atoms with E-state index in [1.165, 1.54) is 0 Å². The van der Waals surface area contributed by atoms with E-state index in [1.807, 2.05) is 43.3 Å². The number of carboxylic acid groups (broad SMARTS) is 1. The molecule has 0 aromatic heterocycles. The third kappa shape index (κ3) is 3.39. The maximum Gasteiger partial charge on any atom is 0.323 e. The summed E-state index contributed by atoms with van der Waals surface area (Å²) in [6, 6.07) is 7.75. The number of anilines is 1. The summed E-state index contributed by atoms with van der Waals surface area (Å²) in [6.07, 6.45) is 0.538. The van der Waals surface area contributed by atoms with Gasteiger partial charge >= 0.3 is 5.97 Å². The first-order valence-electron chi connectivity index (χ1n) is 6.70. The first kappa shape index (κ1) is 15.0. The molecule has 0 aliphatic carbocycles. The van der Waals surface area contributed by atoms with Gasteiger partial charge in [0.25, 0.3) is 0 Å². The minimum absolute atomic E-state index is 0.0849. The lowest BCUT2D eigenvalue weighted by molar-refractivity contribution is -0.149. The van der Waals surface area contributed by atoms with Crippen molar-refractivity contribution in [2.75, 3.05) is 25.5 Å². The molecular formula is C15H18N2O4. The SMILES string of the molecule is CN(C)c1ccc(CC2CC(=O)N(CC(=O)O)C2=O)cc1. The van der Waals surface area contributed by atoms with Crippen LogP contribution in [-0.4, -0.2) is 48.4 Å². The van der Waals surface area contributed by atoms with Gasteiger partial charge in [0.15, 0.2) is 0 Å². The lowest BCUT2D eigenvalue weighted by Gasteiger charge is -2.14. The Kier molecular flexibility index (Phi) is 4.26. The number of imide groups is 1. The van der Waals surface area contributed by atoms with Crippen LogP contribution in [0.4, 0.5) is 5.69 Å². The Balaban J connectivity index is 2.05. The standard InChI is InChI=1S/C15H18N2O4/c1-16(2)12-5-3-10(4-6-12)7-11-8-13(18)17(15(11)21)9-14(19)20/h3-6,11H,7-9H2,1-2H3,(H,19,20). The largest absolute Gasteiger partial charge is 0.480 e. The van der Waals surface area contributed by atoms with Crippen LogP contribution in [0.3, 0.4) is 0 Å². The minimum Gasteiger partial charge on any atom is -0.480 e. The molecule has 1 aromatic rings. The zero-order valence-corrected chi connectivity index (χ0v) is 12.1. The van der Waals surface area contributed by atoms with E-state index in [4.69, 9.17) is 5.11 Å². The summed E-state index contributed by atoms with van der Waals surface area (Å²) >= 11 is 0. The molecule has 1 heterocycles. The molecule has 1 aliphatic rings. The van der Waals surface area contributed by atoms with E-state index in [0.29, 0.717) is 6.42 Å². The summed E-state index contributed by atoms with van der Waals surface area (Å²) in [5.41, 5.74) is 2.02. The highest BCUT2D eigenvalue weighted by atomic mass is 16.4. The number of aliphatic carboxylic acids is 1. The van der Waals surface area contributed by atoms with Crippen LogP contribution in [0.5, 0.6) is 0 Å². The first-order chi connectivity index (χ1) is 9.88. The van der Waals surface area contributed by atoms with Crippen molar-refractivity contribution < 1.29 is 19.5 Å². The van der Waals surface area contributed by atoms with Gasteiger partial charge in [0.2, 0.25) is 11.8 Å². The summed E-state index contributed by atoms with van der Waals surface area (Å²) in [5.74, 6) is -2.42. The smallest absolute Gasteiger partial charge is 0.323 e. The van der Waals surface area contributed by atoms with Gasteiger partial charge in [-0.15, -0.1) is 0 Å². The average molecular weight is 290 g/mol. The quantitative estimate of drug-likeness (QED) is 0.810. The number of carboxylic acids is 1. The highest BCUT2D eigenvalue weighted by molar-refractivity contribution is 6.05. The maximum absolute atomic E-state index is 12.1. The van der Waals surface area contributed by atoms with Gasteiger partial charge < -0.3 is 10.0 Å². The lowest BCUT2D eigenvalue weighted by atomic mass is 9.98. The van der Waals surface area contributed by atoms with Gasteiger partial charge in [0.05, 0.1) is 5.92 Å². The van der Waals surface area contributed by atoms with Gasteiger partial charge in [-0.1, -0.05) is 12.1 Å². The van der Waals surface area contributed by atoms with Gasteiger partial charge in [-0.2, -0.15) is 0 Å². The molecule has 1 N–H and O–H groups in total. The monoisotopic (exact) mass is 290 g/mol. The van der Waals surface area contributed by atoms with Crippen molar-refractivity contribution in [3.63, 3.8) is 0 Å². The van der Waals surface area contributed by atoms with Crippen LogP contribution >= 0.6 is 0 Å². The summed E-state index contributed by atoms with van der Waals surface area (Å²) < 4.78 is 0. The van der Waals surface area contributed by atoms with E-state index in [1.54, 1.807) is 0 Å². The molecule has 1 saturated heterocycles. The number of amides is 2. The van der Waals surface area contributed by atoms with E-state index >= 15 is 0 Å². The minimum atomic E-state index is -1.17. The zero-order chi connectivity index (χ0) is 15.6. The number of nitrogens with zero attached hydrogens (tertiary/aromatic N) is 2. The molecule has 1 atom stereocenters. The van der Waals surface area contributed by atoms with E-state index in [-0.39, 0.29) is 12.3 Å². The van der Waals surface area contributed by atoms with Crippen molar-refractivity contribution in [3.05, 3.63) is 29.8 Å². The average Bonchev–Trinajstić information content (AvgIpc) is 2.67. The number of carbonyl (C=O) groups excluding carboxylic acids is 2. The fourth-order valence-corrected chi connectivity index (χ4v) is 2.43. The number of carbonyl (C=O) groups is 3. The maximum atomic E-state index is 12.1. The van der Waals surface area contributed by atoms with Crippen LogP contribution in [0.1, 0.15) is 12.0 Å². The molecule has 0 radical (unpaired) electrons. The van der Waals surface area contributed by atoms with Gasteiger partial charge in [-0.3, -0.25) is 19.3 Å². The van der Waals surface area contributed by atoms with Crippen LogP contribution in [0.2, 0.25) is 0 Å². The molecule has 0 spiro atoms. The number of likely N-dealkylation sites (tertiary alicyclic amines) is 1. The van der Waals surface area contributed by atoms with Crippen LogP contribution in [0.25, 0.3) is 0 Å². The van der Waals surface area contributed by atoms with Crippen LogP contribution in [-0.2, 0) is 20.8 Å². The Morgan fingerprint density at radius 1 is 1.29 bits per heavy atom. The molecule has 21 heavy (non-hydrogen) atoms. The van der Waals surface area contributed by atoms with Gasteiger partial charge in [-0.25, -0.2) is 0 Å². The molecule has 1 aromatic carbocycles. The predicted molar refractivity (Wildman–Crippen MR) is 76.9 cm³/mol. The highest BCUT2D eigenvalue weighted by Gasteiger charge is 2.39. The molecule has 1 aliphatic heterocycles. The third-order valence-electron chi connectivity index (χ3n) is 3.57. The first-order valence-corrected chi connectivity index (χ1v) is 6.70. The van der Waals surface area contributed by atoms with Gasteiger partial charge in [0, 0.05) is 26.2 Å². The predicted octanol–water partition coefficient (Wildman–Crippen LogP) is 0.755. The van der Waals surface area contributed by atoms with Crippen molar-refractivity contribution in [1.29, 1.82) is 0 Å². The number of hydrogen-bond donors (Lipinski definition) is 1. The van der Waals surface area contributed by atoms with Gasteiger partial charge in [-0.05, 0) is 24.1 Å². The Bertz CT molecular complexity index is 566. The van der Waals surface area contributed by atoms with Crippen molar-refractivity contribution in [2.24, 2.45) is 5.92 Å². The van der Waals surface area contributed by atoms with Crippen molar-refractivity contribution in [2.45, 2.75) is 12.8 Å². The molecule has 0 bridgehead atoms. The second-order valence-electron chi connectivity index (χ2n) is 5.38. The second-order valence-corrected chi connectivity index (χ2v) is 5.38. The Morgan fingerprint density at radius 2 is 1.90 bits per heavy atom. The normalized spacial score (nSPS) is 18.2. The Labute approximate surface area is 123 Å². The van der Waals surface area contributed by atoms with Crippen molar-refractivity contribution >= 4 is 23.5 Å². The molecule has 6 heteroatoms. The summed E-state index contributed by atoms with van der Waals surface area (Å²) in [4.78, 5) is 37.2. The fourth-order valence-electron chi connectivity index (χ4n) is 2.43. The fraction of sp³-hybridized carbons (Fsp3) is 0.400. The van der Waals surface area contributed by atoms with Crippen LogP contribution in [0, 0.1) is 5.92 Å². The zero-order valence-electron chi connectivity index (χ0n) is 12.1. The van der Waals surface area contributed by atoms with Crippen LogP contribution < -0.4 is 4.90 Å². The highest BCUT2D eigenvalue weighted by Crippen LogP contribution is 2.24. The van der Waals surface area contributed by atoms with Crippen molar-refractivity contribution in [1.82, 2.24) is 4.90 Å². The number of rotatable bonds is 5. The number of benzene rings is 1. The molecule has 1 unspecified atom stereocenters. The summed E-state index contributed by atoms with van der Waals surface area (Å²) in [5, 5.41) is 8.72. The third-order valence-corrected chi connectivity index (χ3v) is 3.57. The molecule has 2 rings (SSSR count). The summed E-state index contributed by atoms with van der Waals surface area (Å²) in [6.45, 7) is -0.548. The summed E-state index contributed by atoms with van der Waals surface area (Å²) in [7, 11) is 3.88. The lowest BCUT2D eigenvalue weighted by Crippen LogP contribution is -2.35. The van der Waals surface area contributed by atoms with E-state index in [2.05, 4.69) is 0 Å². The number of hydrogen-bond acceptors (Lipinski definition) is 4. The van der Waals surface area contributed by atoms with E-state index in [9.17, 15) is 14.4 Å². The van der Waals surface area contributed by atoms with Gasteiger partial charge in [0.1, 0.15) is 6.54 Å². The molecule has 112 valence electrons. The second kappa shape index (κ2) is 5.95. The Hall–Kier alpha value is -2.37. The molecule has 1 fully saturated rings. The molecule has 2 amide bonds. The van der Waals surface area contributed by atoms with Crippen molar-refractivity contribution in [3.8, 4) is 0 Å². The molecule has 0 saturated carbocycles.